The summed E-state index contributed by atoms with van der Waals surface area (Å²) in [4.78, 5) is 18.8. The number of pyridine rings is 1. The van der Waals surface area contributed by atoms with Gasteiger partial charge in [-0.05, 0) is 63.0 Å². The maximum atomic E-state index is 12.2. The lowest BCUT2D eigenvalue weighted by Gasteiger charge is -2.46. The number of carbonyl (C=O) groups excluding carboxylic acids is 1. The van der Waals surface area contributed by atoms with E-state index in [2.05, 4.69) is 27.3 Å². The van der Waals surface area contributed by atoms with Crippen LogP contribution in [0.5, 0.6) is 0 Å². The molecule has 1 atom stereocenters. The molecule has 1 aromatic heterocycles. The van der Waals surface area contributed by atoms with E-state index in [1.165, 1.54) is 31.4 Å². The molecule has 1 aliphatic carbocycles. The lowest BCUT2D eigenvalue weighted by molar-refractivity contribution is -0.127. The third-order valence-corrected chi connectivity index (χ3v) is 5.87. The number of hydrogen-bond donors (Lipinski definition) is 2. The predicted molar refractivity (Wildman–Crippen MR) is 96.7 cm³/mol. The molecule has 0 aromatic carbocycles. The van der Waals surface area contributed by atoms with Crippen LogP contribution in [0, 0.1) is 11.3 Å². The second kappa shape index (κ2) is 7.51. The highest BCUT2D eigenvalue weighted by molar-refractivity contribution is 5.78. The number of aromatic nitrogens is 1. The van der Waals surface area contributed by atoms with Gasteiger partial charge >= 0.3 is 0 Å². The van der Waals surface area contributed by atoms with E-state index in [0.29, 0.717) is 12.0 Å². The van der Waals surface area contributed by atoms with Crippen molar-refractivity contribution < 1.29 is 4.79 Å². The number of nitrogens with one attached hydrogen (secondary N) is 1. The summed E-state index contributed by atoms with van der Waals surface area (Å²) in [6, 6.07) is 4.22. The smallest absolute Gasteiger partial charge is 0.223 e. The zero-order valence-electron chi connectivity index (χ0n) is 14.7. The fraction of sp³-hybridized carbons (Fsp3) is 0.684. The average Bonchev–Trinajstić information content (AvgIpc) is 2.62. The molecule has 24 heavy (non-hydrogen) atoms. The van der Waals surface area contributed by atoms with E-state index in [1.54, 1.807) is 0 Å². The minimum atomic E-state index is 0.0291. The Morgan fingerprint density at radius 2 is 1.92 bits per heavy atom. The molecule has 0 bridgehead atoms. The molecule has 132 valence electrons. The Kier molecular flexibility index (Phi) is 5.39. The van der Waals surface area contributed by atoms with Crippen LogP contribution in [0.3, 0.4) is 0 Å². The van der Waals surface area contributed by atoms with Crippen LogP contribution in [0.25, 0.3) is 0 Å². The summed E-state index contributed by atoms with van der Waals surface area (Å²) in [5.74, 6) is 0.393. The third-order valence-electron chi connectivity index (χ3n) is 5.87. The Labute approximate surface area is 145 Å². The van der Waals surface area contributed by atoms with E-state index in [0.717, 1.165) is 25.9 Å². The molecule has 2 aliphatic rings. The number of rotatable bonds is 4. The number of anilines is 1. The van der Waals surface area contributed by atoms with Crippen LogP contribution < -0.4 is 16.0 Å². The molecule has 1 aliphatic heterocycles. The standard InChI is InChI=1S/C19H30N4O/c1-15(20)14-22-18(24)16-2-6-19(7-3-16)8-12-23(13-9-19)17-4-10-21-11-5-17/h4-5,10-11,15-16H,2-3,6-9,12-14,20H2,1H3,(H,22,24)/t15-/m1/s1. The van der Waals surface area contributed by atoms with Crippen molar-refractivity contribution >= 4 is 11.6 Å². The SMILES string of the molecule is C[C@@H](N)CNC(=O)C1CCC2(CC1)CCN(c1ccncc1)CC2. The Bertz CT molecular complexity index is 528. The monoisotopic (exact) mass is 330 g/mol. The van der Waals surface area contributed by atoms with Crippen molar-refractivity contribution in [1.82, 2.24) is 10.3 Å². The van der Waals surface area contributed by atoms with Crippen molar-refractivity contribution in [3.63, 3.8) is 0 Å². The lowest BCUT2D eigenvalue weighted by atomic mass is 9.65. The molecule has 0 unspecified atom stereocenters. The number of piperidine rings is 1. The topological polar surface area (TPSA) is 71.2 Å². The normalized spacial score (nSPS) is 22.3. The van der Waals surface area contributed by atoms with Gasteiger partial charge in [-0.25, -0.2) is 0 Å². The molecule has 1 amide bonds. The van der Waals surface area contributed by atoms with Gasteiger partial charge in [0.2, 0.25) is 5.91 Å². The molecule has 5 nitrogen and oxygen atoms in total. The fourth-order valence-corrected chi connectivity index (χ4v) is 4.19. The predicted octanol–water partition coefficient (Wildman–Crippen LogP) is 2.32. The van der Waals surface area contributed by atoms with Crippen LogP contribution in [0.4, 0.5) is 5.69 Å². The third kappa shape index (κ3) is 4.07. The summed E-state index contributed by atoms with van der Waals surface area (Å²) in [6.07, 6.45) is 10.6. The van der Waals surface area contributed by atoms with Crippen LogP contribution in [0.15, 0.2) is 24.5 Å². The molecule has 1 spiro atoms. The number of amides is 1. The van der Waals surface area contributed by atoms with Gasteiger partial charge in [0.15, 0.2) is 0 Å². The quantitative estimate of drug-likeness (QED) is 0.889. The Balaban J connectivity index is 1.48. The molecule has 5 heteroatoms. The Morgan fingerprint density at radius 1 is 1.29 bits per heavy atom. The molecular weight excluding hydrogens is 300 g/mol. The van der Waals surface area contributed by atoms with Crippen LogP contribution in [0.1, 0.15) is 45.4 Å². The van der Waals surface area contributed by atoms with Gasteiger partial charge in [-0.1, -0.05) is 0 Å². The number of nitrogens with two attached hydrogens (primary N) is 1. The van der Waals surface area contributed by atoms with Crippen LogP contribution in [-0.4, -0.2) is 36.6 Å². The van der Waals surface area contributed by atoms with Crippen molar-refractivity contribution in [2.75, 3.05) is 24.5 Å². The van der Waals surface area contributed by atoms with Gasteiger partial charge in [0, 0.05) is 49.7 Å². The number of hydrogen-bond acceptors (Lipinski definition) is 4. The van der Waals surface area contributed by atoms with E-state index in [1.807, 2.05) is 19.3 Å². The minimum Gasteiger partial charge on any atom is -0.371 e. The van der Waals surface area contributed by atoms with Crippen molar-refractivity contribution in [2.45, 2.75) is 51.5 Å². The molecule has 2 heterocycles. The average molecular weight is 330 g/mol. The van der Waals surface area contributed by atoms with E-state index in [4.69, 9.17) is 5.73 Å². The van der Waals surface area contributed by atoms with Crippen molar-refractivity contribution in [3.05, 3.63) is 24.5 Å². The van der Waals surface area contributed by atoms with Crippen molar-refractivity contribution in [1.29, 1.82) is 0 Å². The minimum absolute atomic E-state index is 0.0291. The van der Waals surface area contributed by atoms with Gasteiger partial charge in [0.25, 0.3) is 0 Å². The number of carbonyl (C=O) groups is 1. The largest absolute Gasteiger partial charge is 0.371 e. The summed E-state index contributed by atoms with van der Waals surface area (Å²) in [5.41, 5.74) is 7.46. The van der Waals surface area contributed by atoms with Gasteiger partial charge in [-0.15, -0.1) is 0 Å². The van der Waals surface area contributed by atoms with Gasteiger partial charge in [0.1, 0.15) is 0 Å². The summed E-state index contributed by atoms with van der Waals surface area (Å²) in [5, 5.41) is 2.99. The molecular formula is C19H30N4O. The van der Waals surface area contributed by atoms with Gasteiger partial charge in [0.05, 0.1) is 0 Å². The fourth-order valence-electron chi connectivity index (χ4n) is 4.19. The molecule has 0 radical (unpaired) electrons. The molecule has 1 saturated carbocycles. The highest BCUT2D eigenvalue weighted by Crippen LogP contribution is 2.46. The molecule has 2 fully saturated rings. The molecule has 1 saturated heterocycles. The lowest BCUT2D eigenvalue weighted by Crippen LogP contribution is -2.44. The number of nitrogens with zero attached hydrogens (tertiary/aromatic N) is 2. The van der Waals surface area contributed by atoms with E-state index in [9.17, 15) is 4.79 Å². The van der Waals surface area contributed by atoms with Gasteiger partial charge < -0.3 is 16.0 Å². The molecule has 3 rings (SSSR count). The molecule has 1 aromatic rings. The van der Waals surface area contributed by atoms with Crippen LogP contribution in [0.2, 0.25) is 0 Å². The first-order chi connectivity index (χ1) is 11.6. The first-order valence-corrected chi connectivity index (χ1v) is 9.26. The maximum absolute atomic E-state index is 12.2. The first-order valence-electron chi connectivity index (χ1n) is 9.26. The van der Waals surface area contributed by atoms with Gasteiger partial charge in [-0.2, -0.15) is 0 Å². The Morgan fingerprint density at radius 3 is 2.50 bits per heavy atom. The van der Waals surface area contributed by atoms with Crippen LogP contribution >= 0.6 is 0 Å². The highest BCUT2D eigenvalue weighted by atomic mass is 16.1. The first kappa shape index (κ1) is 17.2. The van der Waals surface area contributed by atoms with E-state index in [-0.39, 0.29) is 17.9 Å². The summed E-state index contributed by atoms with van der Waals surface area (Å²) >= 11 is 0. The zero-order chi connectivity index (χ0) is 17.0. The van der Waals surface area contributed by atoms with Crippen molar-refractivity contribution in [2.24, 2.45) is 17.1 Å². The summed E-state index contributed by atoms with van der Waals surface area (Å²) in [7, 11) is 0. The summed E-state index contributed by atoms with van der Waals surface area (Å²) < 4.78 is 0. The molecule has 3 N–H and O–H groups in total. The van der Waals surface area contributed by atoms with Gasteiger partial charge in [-0.3, -0.25) is 9.78 Å². The zero-order valence-corrected chi connectivity index (χ0v) is 14.7. The van der Waals surface area contributed by atoms with Crippen molar-refractivity contribution in [3.8, 4) is 0 Å². The maximum Gasteiger partial charge on any atom is 0.223 e. The second-order valence-electron chi connectivity index (χ2n) is 7.69. The summed E-state index contributed by atoms with van der Waals surface area (Å²) in [6.45, 7) is 4.74. The van der Waals surface area contributed by atoms with Crippen LogP contribution in [-0.2, 0) is 4.79 Å². The highest BCUT2D eigenvalue weighted by Gasteiger charge is 2.39. The van der Waals surface area contributed by atoms with E-state index >= 15 is 0 Å². The Hall–Kier alpha value is -1.62. The second-order valence-corrected chi connectivity index (χ2v) is 7.69. The van der Waals surface area contributed by atoms with E-state index < -0.39 is 0 Å².